The van der Waals surface area contributed by atoms with E-state index in [4.69, 9.17) is 0 Å². The van der Waals surface area contributed by atoms with Gasteiger partial charge in [0.25, 0.3) is 0 Å². The molecule has 0 atom stereocenters. The highest BCUT2D eigenvalue weighted by molar-refractivity contribution is 9.10. The topological polar surface area (TPSA) is 32.3 Å². The van der Waals surface area contributed by atoms with Gasteiger partial charge in [-0.15, -0.1) is 0 Å². The molecule has 0 bridgehead atoms. The van der Waals surface area contributed by atoms with Crippen molar-refractivity contribution in [1.82, 2.24) is 14.9 Å². The quantitative estimate of drug-likeness (QED) is 0.749. The molecule has 0 aliphatic rings. The van der Waals surface area contributed by atoms with E-state index in [1.54, 1.807) is 6.33 Å². The van der Waals surface area contributed by atoms with Crippen molar-refractivity contribution in [3.8, 4) is 0 Å². The zero-order valence-corrected chi connectivity index (χ0v) is 11.7. The third-order valence-electron chi connectivity index (χ3n) is 2.25. The Labute approximate surface area is 106 Å². The van der Waals surface area contributed by atoms with Crippen LogP contribution in [0.15, 0.2) is 17.0 Å². The maximum absolute atomic E-state index is 4.30. The molecule has 0 spiro atoms. The van der Waals surface area contributed by atoms with Crippen molar-refractivity contribution in [3.05, 3.63) is 17.0 Å². The minimum atomic E-state index is 0.837. The minimum Gasteiger partial charge on any atom is -0.355 e. The second kappa shape index (κ2) is 6.81. The monoisotopic (exact) mass is 286 g/mol. The summed E-state index contributed by atoms with van der Waals surface area (Å²) in [5, 5.41) is 0. The average molecular weight is 287 g/mol. The summed E-state index contributed by atoms with van der Waals surface area (Å²) in [6.07, 6.45) is 2.72. The fraction of sp³-hybridized carbons (Fsp3) is 0.636. The van der Waals surface area contributed by atoms with Crippen LogP contribution in [0.5, 0.6) is 0 Å². The fourth-order valence-corrected chi connectivity index (χ4v) is 1.73. The molecule has 1 aromatic heterocycles. The maximum atomic E-state index is 4.30. The van der Waals surface area contributed by atoms with Crippen LogP contribution in [0.1, 0.15) is 13.3 Å². The number of likely N-dealkylation sites (N-methyl/N-ethyl adjacent to an activating group) is 1. The van der Waals surface area contributed by atoms with E-state index in [2.05, 4.69) is 56.7 Å². The number of anilines is 1. The lowest BCUT2D eigenvalue weighted by atomic mass is 10.3. The Kier molecular flexibility index (Phi) is 5.69. The van der Waals surface area contributed by atoms with Crippen molar-refractivity contribution in [2.45, 2.75) is 13.3 Å². The highest BCUT2D eigenvalue weighted by Crippen LogP contribution is 2.14. The van der Waals surface area contributed by atoms with Gasteiger partial charge in [0.15, 0.2) is 0 Å². The summed E-state index contributed by atoms with van der Waals surface area (Å²) >= 11 is 3.37. The first-order valence-corrected chi connectivity index (χ1v) is 6.30. The van der Waals surface area contributed by atoms with E-state index in [1.165, 1.54) is 0 Å². The molecule has 4 nitrogen and oxygen atoms in total. The molecule has 0 unspecified atom stereocenters. The fourth-order valence-electron chi connectivity index (χ4n) is 1.43. The highest BCUT2D eigenvalue weighted by atomic mass is 79.9. The Morgan fingerprint density at radius 2 is 1.94 bits per heavy atom. The molecule has 16 heavy (non-hydrogen) atoms. The zero-order chi connectivity index (χ0) is 12.0. The Morgan fingerprint density at radius 1 is 1.19 bits per heavy atom. The summed E-state index contributed by atoms with van der Waals surface area (Å²) in [5.74, 6) is 0.991. The Hall–Kier alpha value is -0.680. The average Bonchev–Trinajstić information content (AvgIpc) is 2.24. The van der Waals surface area contributed by atoms with Gasteiger partial charge in [-0.05, 0) is 36.4 Å². The first kappa shape index (κ1) is 13.4. The van der Waals surface area contributed by atoms with Crippen LogP contribution in [0.25, 0.3) is 0 Å². The van der Waals surface area contributed by atoms with Gasteiger partial charge < -0.3 is 9.80 Å². The molecular weight excluding hydrogens is 268 g/mol. The summed E-state index contributed by atoms with van der Waals surface area (Å²) in [5.41, 5.74) is 0. The first-order chi connectivity index (χ1) is 7.63. The molecule has 0 aliphatic carbocycles. The lowest BCUT2D eigenvalue weighted by Gasteiger charge is -2.24. The van der Waals surface area contributed by atoms with E-state index in [9.17, 15) is 0 Å². The van der Waals surface area contributed by atoms with Gasteiger partial charge in [-0.2, -0.15) is 0 Å². The molecular formula is C11H19BrN4. The standard InChI is InChI=1S/C11H19BrN4/c1-4-5-16(7-6-15(2)3)11-8-10(12)13-9-14-11/h8-9H,4-7H2,1-3H3. The van der Waals surface area contributed by atoms with Crippen LogP contribution in [0, 0.1) is 0 Å². The highest BCUT2D eigenvalue weighted by Gasteiger charge is 2.07. The largest absolute Gasteiger partial charge is 0.355 e. The predicted octanol–water partition coefficient (Wildman–Crippen LogP) is 2.02. The smallest absolute Gasteiger partial charge is 0.133 e. The van der Waals surface area contributed by atoms with Gasteiger partial charge >= 0.3 is 0 Å². The van der Waals surface area contributed by atoms with Gasteiger partial charge in [0.1, 0.15) is 16.7 Å². The van der Waals surface area contributed by atoms with E-state index in [0.717, 1.165) is 36.5 Å². The van der Waals surface area contributed by atoms with Gasteiger partial charge in [-0.1, -0.05) is 6.92 Å². The van der Waals surface area contributed by atoms with Crippen molar-refractivity contribution >= 4 is 21.7 Å². The molecule has 0 saturated heterocycles. The second-order valence-electron chi connectivity index (χ2n) is 3.99. The molecule has 5 heteroatoms. The summed E-state index contributed by atoms with van der Waals surface area (Å²) in [4.78, 5) is 12.8. The van der Waals surface area contributed by atoms with Gasteiger partial charge in [0.2, 0.25) is 0 Å². The summed E-state index contributed by atoms with van der Waals surface area (Å²) in [6.45, 7) is 5.22. The number of nitrogens with zero attached hydrogens (tertiary/aromatic N) is 4. The molecule has 0 radical (unpaired) electrons. The molecule has 0 amide bonds. The van der Waals surface area contributed by atoms with E-state index in [-0.39, 0.29) is 0 Å². The number of aromatic nitrogens is 2. The molecule has 1 heterocycles. The van der Waals surface area contributed by atoms with Crippen LogP contribution in [-0.4, -0.2) is 48.6 Å². The lowest BCUT2D eigenvalue weighted by Crippen LogP contribution is -2.32. The molecule has 90 valence electrons. The van der Waals surface area contributed by atoms with Crippen LogP contribution in [0.3, 0.4) is 0 Å². The normalized spacial score (nSPS) is 10.8. The lowest BCUT2D eigenvalue weighted by molar-refractivity contribution is 0.412. The van der Waals surface area contributed by atoms with Crippen LogP contribution in [0.2, 0.25) is 0 Å². The number of hydrogen-bond acceptors (Lipinski definition) is 4. The molecule has 1 aromatic rings. The molecule has 0 aliphatic heterocycles. The molecule has 0 saturated carbocycles. The third kappa shape index (κ3) is 4.45. The van der Waals surface area contributed by atoms with E-state index < -0.39 is 0 Å². The first-order valence-electron chi connectivity index (χ1n) is 5.50. The number of halogens is 1. The van der Waals surface area contributed by atoms with Crippen molar-refractivity contribution in [2.24, 2.45) is 0 Å². The van der Waals surface area contributed by atoms with Crippen LogP contribution in [0.4, 0.5) is 5.82 Å². The van der Waals surface area contributed by atoms with Crippen molar-refractivity contribution in [1.29, 1.82) is 0 Å². The van der Waals surface area contributed by atoms with Gasteiger partial charge in [0.05, 0.1) is 0 Å². The van der Waals surface area contributed by atoms with Gasteiger partial charge in [-0.25, -0.2) is 9.97 Å². The molecule has 0 aromatic carbocycles. The Bertz CT molecular complexity index is 317. The summed E-state index contributed by atoms with van der Waals surface area (Å²) < 4.78 is 0.837. The second-order valence-corrected chi connectivity index (χ2v) is 4.80. The van der Waals surface area contributed by atoms with E-state index in [0.29, 0.717) is 0 Å². The summed E-state index contributed by atoms with van der Waals surface area (Å²) in [7, 11) is 4.17. The van der Waals surface area contributed by atoms with Crippen molar-refractivity contribution in [3.63, 3.8) is 0 Å². The molecule has 1 rings (SSSR count). The van der Waals surface area contributed by atoms with Crippen molar-refractivity contribution < 1.29 is 0 Å². The number of rotatable bonds is 6. The van der Waals surface area contributed by atoms with Crippen molar-refractivity contribution in [2.75, 3.05) is 38.6 Å². The van der Waals surface area contributed by atoms with Crippen LogP contribution < -0.4 is 4.90 Å². The van der Waals surface area contributed by atoms with Crippen LogP contribution in [-0.2, 0) is 0 Å². The number of hydrogen-bond donors (Lipinski definition) is 0. The third-order valence-corrected chi connectivity index (χ3v) is 2.69. The maximum Gasteiger partial charge on any atom is 0.133 e. The van der Waals surface area contributed by atoms with Gasteiger partial charge in [0, 0.05) is 25.7 Å². The predicted molar refractivity (Wildman–Crippen MR) is 70.8 cm³/mol. The van der Waals surface area contributed by atoms with E-state index in [1.807, 2.05) is 6.07 Å². The Balaban J connectivity index is 2.68. The SMILES string of the molecule is CCCN(CCN(C)C)c1cc(Br)ncn1. The minimum absolute atomic E-state index is 0.837. The van der Waals surface area contributed by atoms with E-state index >= 15 is 0 Å². The van der Waals surface area contributed by atoms with Gasteiger partial charge in [-0.3, -0.25) is 0 Å². The summed E-state index contributed by atoms with van der Waals surface area (Å²) in [6, 6.07) is 1.96. The molecule has 0 N–H and O–H groups in total. The Morgan fingerprint density at radius 3 is 2.50 bits per heavy atom. The molecule has 0 fully saturated rings. The van der Waals surface area contributed by atoms with Crippen LogP contribution >= 0.6 is 15.9 Å². The zero-order valence-electron chi connectivity index (χ0n) is 10.1.